The highest BCUT2D eigenvalue weighted by Gasteiger charge is 2.23. The average molecular weight is 194 g/mol. The lowest BCUT2D eigenvalue weighted by molar-refractivity contribution is 0.182. The van der Waals surface area contributed by atoms with Crippen molar-refractivity contribution in [2.45, 2.75) is 12.3 Å². The first-order valence-corrected chi connectivity index (χ1v) is 4.76. The van der Waals surface area contributed by atoms with E-state index < -0.39 is 0 Å². The molecule has 14 heavy (non-hydrogen) atoms. The Bertz CT molecular complexity index is 322. The second kappa shape index (κ2) is 3.88. The van der Waals surface area contributed by atoms with E-state index in [1.807, 2.05) is 6.07 Å². The van der Waals surface area contributed by atoms with Gasteiger partial charge in [-0.3, -0.25) is 0 Å². The molecule has 1 unspecified atom stereocenters. The van der Waals surface area contributed by atoms with Gasteiger partial charge in [0.05, 0.1) is 6.61 Å². The van der Waals surface area contributed by atoms with Crippen LogP contribution in [-0.4, -0.2) is 25.4 Å². The molecule has 0 fully saturated rings. The predicted octanol–water partition coefficient (Wildman–Crippen LogP) is 1.90. The van der Waals surface area contributed by atoms with Gasteiger partial charge in [0, 0.05) is 31.3 Å². The van der Waals surface area contributed by atoms with Crippen molar-refractivity contribution in [2.24, 2.45) is 0 Å². The highest BCUT2D eigenvalue weighted by molar-refractivity contribution is 5.44. The minimum absolute atomic E-state index is 0.260. The summed E-state index contributed by atoms with van der Waals surface area (Å²) in [4.78, 5) is 0. The molecule has 0 spiro atoms. The molecule has 1 aromatic rings. The van der Waals surface area contributed by atoms with Crippen LogP contribution in [0.15, 0.2) is 18.2 Å². The van der Waals surface area contributed by atoms with Gasteiger partial charge in [-0.25, -0.2) is 0 Å². The van der Waals surface area contributed by atoms with E-state index in [1.54, 1.807) is 19.2 Å². The summed E-state index contributed by atoms with van der Waals surface area (Å²) in [5.74, 6) is 1.48. The van der Waals surface area contributed by atoms with Crippen LogP contribution in [0.2, 0.25) is 0 Å². The second-order valence-corrected chi connectivity index (χ2v) is 3.51. The van der Waals surface area contributed by atoms with Crippen LogP contribution in [0.1, 0.15) is 17.9 Å². The number of ether oxygens (including phenoxy) is 2. The number of fused-ring (bicyclic) bond motifs is 1. The van der Waals surface area contributed by atoms with E-state index in [9.17, 15) is 5.11 Å². The van der Waals surface area contributed by atoms with Crippen molar-refractivity contribution < 1.29 is 14.6 Å². The summed E-state index contributed by atoms with van der Waals surface area (Å²) in [5.41, 5.74) is 1.18. The maximum absolute atomic E-state index is 9.25. The number of hydrogen-bond acceptors (Lipinski definition) is 3. The van der Waals surface area contributed by atoms with Crippen LogP contribution in [-0.2, 0) is 4.74 Å². The van der Waals surface area contributed by atoms with Gasteiger partial charge in [0.1, 0.15) is 11.5 Å². The van der Waals surface area contributed by atoms with Crippen LogP contribution < -0.4 is 4.74 Å². The molecule has 1 N–H and O–H groups in total. The molecule has 2 rings (SSSR count). The van der Waals surface area contributed by atoms with E-state index >= 15 is 0 Å². The molecule has 1 atom stereocenters. The number of methoxy groups -OCH3 is 1. The van der Waals surface area contributed by atoms with Gasteiger partial charge in [-0.15, -0.1) is 0 Å². The van der Waals surface area contributed by atoms with E-state index in [0.717, 1.165) is 18.8 Å². The fraction of sp³-hybridized carbons (Fsp3) is 0.455. The lowest BCUT2D eigenvalue weighted by Gasteiger charge is -2.06. The van der Waals surface area contributed by atoms with Crippen LogP contribution in [0.5, 0.6) is 11.5 Å². The topological polar surface area (TPSA) is 38.7 Å². The van der Waals surface area contributed by atoms with Gasteiger partial charge in [-0.05, 0) is 12.5 Å². The van der Waals surface area contributed by atoms with Crippen LogP contribution in [0.25, 0.3) is 0 Å². The molecule has 3 heteroatoms. The van der Waals surface area contributed by atoms with E-state index in [4.69, 9.17) is 9.47 Å². The van der Waals surface area contributed by atoms with Gasteiger partial charge >= 0.3 is 0 Å². The summed E-state index contributed by atoms with van der Waals surface area (Å²) in [6.07, 6.45) is 0.967. The quantitative estimate of drug-likeness (QED) is 0.798. The van der Waals surface area contributed by atoms with Gasteiger partial charge in [-0.1, -0.05) is 6.07 Å². The number of benzene rings is 1. The Morgan fingerprint density at radius 1 is 1.57 bits per heavy atom. The lowest BCUT2D eigenvalue weighted by atomic mass is 9.98. The van der Waals surface area contributed by atoms with Crippen molar-refractivity contribution in [1.82, 2.24) is 0 Å². The fourth-order valence-corrected chi connectivity index (χ4v) is 1.76. The van der Waals surface area contributed by atoms with Crippen molar-refractivity contribution in [2.75, 3.05) is 20.3 Å². The maximum atomic E-state index is 9.25. The Morgan fingerprint density at radius 2 is 2.43 bits per heavy atom. The predicted molar refractivity (Wildman–Crippen MR) is 52.8 cm³/mol. The smallest absolute Gasteiger partial charge is 0.126 e. The molecule has 76 valence electrons. The Kier molecular flexibility index (Phi) is 2.59. The number of aromatic hydroxyl groups is 1. The zero-order valence-corrected chi connectivity index (χ0v) is 8.19. The molecule has 0 bridgehead atoms. The monoisotopic (exact) mass is 194 g/mol. The summed E-state index contributed by atoms with van der Waals surface area (Å²) in [6.45, 7) is 1.44. The third kappa shape index (κ3) is 1.68. The first-order valence-electron chi connectivity index (χ1n) is 4.76. The summed E-state index contributed by atoms with van der Waals surface area (Å²) in [5, 5.41) is 9.25. The molecule has 1 heterocycles. The van der Waals surface area contributed by atoms with Crippen LogP contribution in [0.3, 0.4) is 0 Å². The standard InChI is InChI=1S/C11H14O3/c1-13-5-4-8-7-14-11-6-9(12)2-3-10(8)11/h2-3,6,8,12H,4-5,7H2,1H3. The molecule has 3 nitrogen and oxygen atoms in total. The van der Waals surface area contributed by atoms with Gasteiger partial charge in [-0.2, -0.15) is 0 Å². The van der Waals surface area contributed by atoms with Gasteiger partial charge in [0.25, 0.3) is 0 Å². The molecule has 0 saturated heterocycles. The normalized spacial score (nSPS) is 19.1. The zero-order chi connectivity index (χ0) is 9.97. The van der Waals surface area contributed by atoms with Crippen molar-refractivity contribution in [3.05, 3.63) is 23.8 Å². The number of phenolic OH excluding ortho intramolecular Hbond substituents is 1. The minimum atomic E-state index is 0.260. The van der Waals surface area contributed by atoms with E-state index in [-0.39, 0.29) is 5.75 Å². The number of hydrogen-bond donors (Lipinski definition) is 1. The van der Waals surface area contributed by atoms with Crippen LogP contribution in [0, 0.1) is 0 Å². The highest BCUT2D eigenvalue weighted by atomic mass is 16.5. The number of rotatable bonds is 3. The first-order chi connectivity index (χ1) is 6.81. The summed E-state index contributed by atoms with van der Waals surface area (Å²) in [7, 11) is 1.70. The van der Waals surface area contributed by atoms with Crippen molar-refractivity contribution in [3.8, 4) is 11.5 Å². The van der Waals surface area contributed by atoms with E-state index in [1.165, 1.54) is 5.56 Å². The molecular formula is C11H14O3. The maximum Gasteiger partial charge on any atom is 0.126 e. The van der Waals surface area contributed by atoms with Gasteiger partial charge in [0.2, 0.25) is 0 Å². The first kappa shape index (κ1) is 9.34. The Labute approximate surface area is 83.3 Å². The molecule has 1 aromatic carbocycles. The minimum Gasteiger partial charge on any atom is -0.508 e. The zero-order valence-electron chi connectivity index (χ0n) is 8.19. The third-order valence-corrected chi connectivity index (χ3v) is 2.55. The molecule has 0 saturated carbocycles. The SMILES string of the molecule is COCCC1COc2cc(O)ccc21. The fourth-order valence-electron chi connectivity index (χ4n) is 1.76. The lowest BCUT2D eigenvalue weighted by Crippen LogP contribution is -2.03. The molecule has 0 amide bonds. The molecule has 0 radical (unpaired) electrons. The summed E-state index contributed by atoms with van der Waals surface area (Å²) in [6, 6.07) is 5.30. The van der Waals surface area contributed by atoms with Crippen molar-refractivity contribution in [3.63, 3.8) is 0 Å². The summed E-state index contributed by atoms with van der Waals surface area (Å²) < 4.78 is 10.5. The van der Waals surface area contributed by atoms with Gasteiger partial charge < -0.3 is 14.6 Å². The molecule has 1 aliphatic heterocycles. The van der Waals surface area contributed by atoms with E-state index in [2.05, 4.69) is 0 Å². The third-order valence-electron chi connectivity index (χ3n) is 2.55. The van der Waals surface area contributed by atoms with Crippen molar-refractivity contribution in [1.29, 1.82) is 0 Å². The van der Waals surface area contributed by atoms with Crippen LogP contribution >= 0.6 is 0 Å². The molecule has 1 aliphatic rings. The molecule has 0 aromatic heterocycles. The Hall–Kier alpha value is -1.22. The van der Waals surface area contributed by atoms with E-state index in [0.29, 0.717) is 12.5 Å². The molecule has 0 aliphatic carbocycles. The highest BCUT2D eigenvalue weighted by Crippen LogP contribution is 2.37. The number of phenols is 1. The summed E-state index contributed by atoms with van der Waals surface area (Å²) >= 11 is 0. The van der Waals surface area contributed by atoms with Crippen molar-refractivity contribution >= 4 is 0 Å². The second-order valence-electron chi connectivity index (χ2n) is 3.51. The largest absolute Gasteiger partial charge is 0.508 e. The van der Waals surface area contributed by atoms with Crippen LogP contribution in [0.4, 0.5) is 0 Å². The van der Waals surface area contributed by atoms with Gasteiger partial charge in [0.15, 0.2) is 0 Å². The molecular weight excluding hydrogens is 180 g/mol. The Morgan fingerprint density at radius 3 is 3.21 bits per heavy atom. The average Bonchev–Trinajstić information content (AvgIpc) is 2.57. The Balaban J connectivity index is 2.14.